The van der Waals surface area contributed by atoms with Gasteiger partial charge < -0.3 is 9.80 Å². The van der Waals surface area contributed by atoms with Crippen LogP contribution in [0.1, 0.15) is 22.8 Å². The van der Waals surface area contributed by atoms with Gasteiger partial charge in [0.25, 0.3) is 0 Å². The van der Waals surface area contributed by atoms with Crippen LogP contribution in [0.25, 0.3) is 22.3 Å². The fourth-order valence-electron chi connectivity index (χ4n) is 4.56. The van der Waals surface area contributed by atoms with Crippen molar-refractivity contribution < 1.29 is 9.59 Å². The summed E-state index contributed by atoms with van der Waals surface area (Å²) in [5, 5.41) is 22.6. The van der Waals surface area contributed by atoms with E-state index in [1.165, 1.54) is 30.3 Å². The number of benzene rings is 4. The maximum atomic E-state index is 12.0. The van der Waals surface area contributed by atoms with Crippen molar-refractivity contribution in [1.29, 1.82) is 0 Å². The summed E-state index contributed by atoms with van der Waals surface area (Å²) in [5.41, 5.74) is 6.74. The average molecular weight is 615 g/mol. The van der Waals surface area contributed by atoms with Gasteiger partial charge in [-0.2, -0.15) is 0 Å². The molecule has 0 aliphatic heterocycles. The van der Waals surface area contributed by atoms with Gasteiger partial charge in [-0.05, 0) is 54.2 Å². The second kappa shape index (κ2) is 14.6. The molecule has 2 amide bonds. The Hall–Kier alpha value is -6.04. The first-order chi connectivity index (χ1) is 22.3. The molecule has 0 N–H and O–H groups in total. The quantitative estimate of drug-likeness (QED) is 0.242. The molecule has 6 aromatic rings. The lowest BCUT2D eigenvalue weighted by Crippen LogP contribution is -2.29. The number of tetrazole rings is 2. The predicted octanol–water partition coefficient (Wildman–Crippen LogP) is 4.92. The highest BCUT2D eigenvalue weighted by Crippen LogP contribution is 2.21. The Labute approximate surface area is 266 Å². The third-order valence-corrected chi connectivity index (χ3v) is 7.04. The van der Waals surface area contributed by atoms with Gasteiger partial charge in [-0.3, -0.25) is 0 Å². The molecule has 0 radical (unpaired) electrons. The number of hydrogen-bond donors (Lipinski definition) is 0. The number of aromatic nitrogens is 8. The summed E-state index contributed by atoms with van der Waals surface area (Å²) in [6.45, 7) is 0. The lowest BCUT2D eigenvalue weighted by molar-refractivity contribution is 0.214. The Balaban J connectivity index is 0.000000181. The molecule has 12 heteroatoms. The molecule has 0 fully saturated rings. The molecule has 0 saturated heterocycles. The van der Waals surface area contributed by atoms with Crippen molar-refractivity contribution in [3.8, 4) is 22.3 Å². The van der Waals surface area contributed by atoms with Crippen molar-refractivity contribution in [1.82, 2.24) is 50.2 Å². The van der Waals surface area contributed by atoms with Crippen molar-refractivity contribution in [2.75, 3.05) is 28.2 Å². The molecule has 46 heavy (non-hydrogen) atoms. The monoisotopic (exact) mass is 614 g/mol. The van der Waals surface area contributed by atoms with Crippen LogP contribution in [-0.4, -0.2) is 90.5 Å². The van der Waals surface area contributed by atoms with Crippen LogP contribution in [0.2, 0.25) is 0 Å². The fraction of sp³-hybridized carbons (Fsp3) is 0.176. The number of nitrogens with zero attached hydrogens (tertiary/aromatic N) is 10. The first kappa shape index (κ1) is 31.4. The number of carbonyl (C=O) groups is 2. The fourth-order valence-corrected chi connectivity index (χ4v) is 4.56. The van der Waals surface area contributed by atoms with Gasteiger partial charge in [0.15, 0.2) is 11.6 Å². The molecule has 2 aromatic heterocycles. The number of amides is 2. The summed E-state index contributed by atoms with van der Waals surface area (Å²) < 4.78 is 2.45. The molecule has 0 spiro atoms. The number of hydrogen-bond acceptors (Lipinski definition) is 8. The summed E-state index contributed by atoms with van der Waals surface area (Å²) in [5.74, 6) is 1.05. The van der Waals surface area contributed by atoms with E-state index >= 15 is 0 Å². The zero-order valence-corrected chi connectivity index (χ0v) is 26.1. The van der Waals surface area contributed by atoms with Crippen molar-refractivity contribution in [3.63, 3.8) is 0 Å². The van der Waals surface area contributed by atoms with Gasteiger partial charge in [0.1, 0.15) is 0 Å². The zero-order valence-electron chi connectivity index (χ0n) is 26.1. The van der Waals surface area contributed by atoms with Crippen molar-refractivity contribution in [2.24, 2.45) is 0 Å². The Morgan fingerprint density at radius 3 is 1.15 bits per heavy atom. The van der Waals surface area contributed by atoms with Crippen LogP contribution in [-0.2, 0) is 12.8 Å². The zero-order chi connectivity index (χ0) is 32.5. The lowest BCUT2D eigenvalue weighted by Gasteiger charge is -2.10. The summed E-state index contributed by atoms with van der Waals surface area (Å²) in [4.78, 5) is 26.9. The van der Waals surface area contributed by atoms with E-state index in [9.17, 15) is 9.59 Å². The lowest BCUT2D eigenvalue weighted by atomic mass is 10.0. The molecule has 0 saturated carbocycles. The minimum absolute atomic E-state index is 0.258. The first-order valence-electron chi connectivity index (χ1n) is 14.6. The third kappa shape index (κ3) is 7.72. The Bertz CT molecular complexity index is 1730. The van der Waals surface area contributed by atoms with Gasteiger partial charge in [-0.25, -0.2) is 9.59 Å². The number of rotatable bonds is 6. The van der Waals surface area contributed by atoms with Crippen LogP contribution in [0.5, 0.6) is 0 Å². The molecule has 12 nitrogen and oxygen atoms in total. The highest BCUT2D eigenvalue weighted by atomic mass is 16.2. The molecular weight excluding hydrogens is 580 g/mol. The van der Waals surface area contributed by atoms with Gasteiger partial charge in [-0.15, -0.1) is 19.6 Å². The molecule has 6 rings (SSSR count). The molecule has 0 aliphatic rings. The Morgan fingerprint density at radius 2 is 0.826 bits per heavy atom. The highest BCUT2D eigenvalue weighted by Gasteiger charge is 2.17. The minimum atomic E-state index is -0.258. The molecule has 2 heterocycles. The maximum Gasteiger partial charge on any atom is 0.347 e. The van der Waals surface area contributed by atoms with Crippen LogP contribution in [0, 0.1) is 0 Å². The molecule has 0 aliphatic carbocycles. The second-order valence-electron chi connectivity index (χ2n) is 10.8. The van der Waals surface area contributed by atoms with Crippen LogP contribution in [0.15, 0.2) is 109 Å². The number of carbonyl (C=O) groups excluding carboxylic acids is 2. The second-order valence-corrected chi connectivity index (χ2v) is 10.8. The van der Waals surface area contributed by atoms with Crippen LogP contribution >= 0.6 is 0 Å². The van der Waals surface area contributed by atoms with Crippen molar-refractivity contribution >= 4 is 12.1 Å². The van der Waals surface area contributed by atoms with Gasteiger partial charge in [-0.1, -0.05) is 109 Å². The summed E-state index contributed by atoms with van der Waals surface area (Å²) in [6.07, 6.45) is 1.00. The van der Waals surface area contributed by atoms with E-state index in [4.69, 9.17) is 0 Å². The summed E-state index contributed by atoms with van der Waals surface area (Å²) >= 11 is 0. The highest BCUT2D eigenvalue weighted by molar-refractivity contribution is 5.76. The molecule has 0 unspecified atom stereocenters. The van der Waals surface area contributed by atoms with E-state index in [-0.39, 0.29) is 12.1 Å². The van der Waals surface area contributed by atoms with E-state index in [2.05, 4.69) is 79.6 Å². The van der Waals surface area contributed by atoms with Crippen molar-refractivity contribution in [3.05, 3.63) is 132 Å². The smallest absolute Gasteiger partial charge is 0.329 e. The standard InChI is InChI=1S/2C17H17N5O/c2*1-21(2)17(23)22-16(18-19-20-22)12-13-8-10-15(11-9-13)14-6-4-3-5-7-14/h2*3-11H,12H2,1-2H3. The van der Waals surface area contributed by atoms with Crippen LogP contribution < -0.4 is 0 Å². The molecule has 0 atom stereocenters. The minimum Gasteiger partial charge on any atom is -0.329 e. The summed E-state index contributed by atoms with van der Waals surface area (Å²) in [7, 11) is 6.68. The summed E-state index contributed by atoms with van der Waals surface area (Å²) in [6, 6.07) is 36.2. The maximum absolute atomic E-state index is 12.0. The van der Waals surface area contributed by atoms with Gasteiger partial charge in [0.05, 0.1) is 0 Å². The molecule has 4 aromatic carbocycles. The van der Waals surface area contributed by atoms with Gasteiger partial charge in [0, 0.05) is 41.0 Å². The normalized spacial score (nSPS) is 10.5. The van der Waals surface area contributed by atoms with E-state index in [0.29, 0.717) is 24.5 Å². The molecule has 0 bridgehead atoms. The topological polar surface area (TPSA) is 128 Å². The van der Waals surface area contributed by atoms with Gasteiger partial charge in [0.2, 0.25) is 0 Å². The van der Waals surface area contributed by atoms with E-state index in [0.717, 1.165) is 22.3 Å². The first-order valence-corrected chi connectivity index (χ1v) is 14.6. The molecule has 232 valence electrons. The Kier molecular flexibility index (Phi) is 9.98. The largest absolute Gasteiger partial charge is 0.347 e. The average Bonchev–Trinajstić information content (AvgIpc) is 3.75. The SMILES string of the molecule is CN(C)C(=O)n1nnnc1Cc1ccc(-c2ccccc2)cc1.CN(C)C(=O)n1nnnc1Cc1ccc(-c2ccccc2)cc1. The van der Waals surface area contributed by atoms with E-state index < -0.39 is 0 Å². The molecular formula is C34H34N10O2. The van der Waals surface area contributed by atoms with Gasteiger partial charge >= 0.3 is 12.1 Å². The van der Waals surface area contributed by atoms with E-state index in [1.54, 1.807) is 28.2 Å². The predicted molar refractivity (Wildman–Crippen MR) is 174 cm³/mol. The van der Waals surface area contributed by atoms with Crippen LogP contribution in [0.4, 0.5) is 9.59 Å². The van der Waals surface area contributed by atoms with E-state index in [1.807, 2.05) is 60.7 Å². The third-order valence-electron chi connectivity index (χ3n) is 7.04. The van der Waals surface area contributed by atoms with Crippen molar-refractivity contribution in [2.45, 2.75) is 12.8 Å². The van der Waals surface area contributed by atoms with Crippen LogP contribution in [0.3, 0.4) is 0 Å². The Morgan fingerprint density at radius 1 is 0.500 bits per heavy atom.